The van der Waals surface area contributed by atoms with Crippen LogP contribution in [-0.4, -0.2) is 39.0 Å². The molecule has 0 amide bonds. The van der Waals surface area contributed by atoms with Crippen LogP contribution in [0.3, 0.4) is 0 Å². The zero-order valence-electron chi connectivity index (χ0n) is 8.84. The highest BCUT2D eigenvalue weighted by molar-refractivity contribution is 4.73. The first-order valence-electron chi connectivity index (χ1n) is 5.84. The molecule has 0 aromatic heterocycles. The van der Waals surface area contributed by atoms with Gasteiger partial charge in [-0.2, -0.15) is 0 Å². The maximum atomic E-state index is 5.45. The van der Waals surface area contributed by atoms with Crippen LogP contribution in [0.1, 0.15) is 25.7 Å². The second-order valence-electron chi connectivity index (χ2n) is 4.41. The molecule has 2 atom stereocenters. The van der Waals surface area contributed by atoms with E-state index in [0.717, 1.165) is 38.9 Å². The lowest BCUT2D eigenvalue weighted by Crippen LogP contribution is -2.40. The number of ether oxygens (including phenoxy) is 2. The molecule has 2 unspecified atom stereocenters. The highest BCUT2D eigenvalue weighted by Crippen LogP contribution is 2.13. The fourth-order valence-electron chi connectivity index (χ4n) is 2.20. The van der Waals surface area contributed by atoms with Gasteiger partial charge in [0.1, 0.15) is 0 Å². The molecule has 0 aliphatic carbocycles. The van der Waals surface area contributed by atoms with Crippen LogP contribution in [0, 0.1) is 5.92 Å². The molecule has 2 fully saturated rings. The van der Waals surface area contributed by atoms with Gasteiger partial charge < -0.3 is 14.8 Å². The Morgan fingerprint density at radius 2 is 1.79 bits per heavy atom. The molecule has 0 bridgehead atoms. The molecule has 2 saturated heterocycles. The monoisotopic (exact) mass is 199 g/mol. The van der Waals surface area contributed by atoms with Gasteiger partial charge in [-0.05, 0) is 31.6 Å². The van der Waals surface area contributed by atoms with Crippen molar-refractivity contribution in [2.75, 3.05) is 33.0 Å². The summed E-state index contributed by atoms with van der Waals surface area (Å²) >= 11 is 0. The van der Waals surface area contributed by atoms with Crippen LogP contribution < -0.4 is 5.32 Å². The lowest BCUT2D eigenvalue weighted by Gasteiger charge is -2.27. The molecule has 14 heavy (non-hydrogen) atoms. The molecule has 2 aliphatic heterocycles. The zero-order valence-corrected chi connectivity index (χ0v) is 8.84. The van der Waals surface area contributed by atoms with Crippen LogP contribution in [0.4, 0.5) is 0 Å². The van der Waals surface area contributed by atoms with E-state index < -0.39 is 0 Å². The molecular weight excluding hydrogens is 178 g/mol. The molecular formula is C11H21NO2. The zero-order chi connectivity index (χ0) is 9.64. The number of hydrogen-bond acceptors (Lipinski definition) is 3. The van der Waals surface area contributed by atoms with E-state index in [9.17, 15) is 0 Å². The SMILES string of the molecule is C1COCC(CNC2CCCOC2)C1. The van der Waals surface area contributed by atoms with Crippen LogP contribution >= 0.6 is 0 Å². The van der Waals surface area contributed by atoms with E-state index in [1.54, 1.807) is 0 Å². The van der Waals surface area contributed by atoms with Crippen LogP contribution in [0.15, 0.2) is 0 Å². The Kier molecular flexibility index (Phi) is 4.22. The molecule has 0 aromatic carbocycles. The Morgan fingerprint density at radius 3 is 2.43 bits per heavy atom. The Balaban J connectivity index is 1.60. The molecule has 3 heteroatoms. The van der Waals surface area contributed by atoms with E-state index in [4.69, 9.17) is 9.47 Å². The normalized spacial score (nSPS) is 34.3. The Morgan fingerprint density at radius 1 is 1.00 bits per heavy atom. The summed E-state index contributed by atoms with van der Waals surface area (Å²) in [6.07, 6.45) is 5.03. The molecule has 2 heterocycles. The third-order valence-electron chi connectivity index (χ3n) is 3.11. The first-order chi connectivity index (χ1) is 6.95. The second kappa shape index (κ2) is 5.69. The van der Waals surface area contributed by atoms with Gasteiger partial charge in [-0.15, -0.1) is 0 Å². The van der Waals surface area contributed by atoms with Gasteiger partial charge >= 0.3 is 0 Å². The number of hydrogen-bond donors (Lipinski definition) is 1. The molecule has 2 aliphatic rings. The summed E-state index contributed by atoms with van der Waals surface area (Å²) in [6.45, 7) is 4.86. The molecule has 0 saturated carbocycles. The van der Waals surface area contributed by atoms with Crippen LogP contribution in [0.5, 0.6) is 0 Å². The minimum atomic E-state index is 0.589. The topological polar surface area (TPSA) is 30.5 Å². The largest absolute Gasteiger partial charge is 0.381 e. The predicted molar refractivity (Wildman–Crippen MR) is 55.4 cm³/mol. The molecule has 1 N–H and O–H groups in total. The standard InChI is InChI=1S/C11H21NO2/c1-3-10(8-13-5-1)7-12-11-4-2-6-14-9-11/h10-12H,1-9H2. The lowest BCUT2D eigenvalue weighted by molar-refractivity contribution is 0.0428. The molecule has 0 radical (unpaired) electrons. The van der Waals surface area contributed by atoms with Crippen LogP contribution in [0.2, 0.25) is 0 Å². The summed E-state index contributed by atoms with van der Waals surface area (Å²) in [5, 5.41) is 3.59. The highest BCUT2D eigenvalue weighted by atomic mass is 16.5. The fraction of sp³-hybridized carbons (Fsp3) is 1.00. The maximum absolute atomic E-state index is 5.45. The first kappa shape index (κ1) is 10.4. The smallest absolute Gasteiger partial charge is 0.0619 e. The van der Waals surface area contributed by atoms with Crippen molar-refractivity contribution in [3.8, 4) is 0 Å². The quantitative estimate of drug-likeness (QED) is 0.740. The Bertz CT molecular complexity index is 133. The van der Waals surface area contributed by atoms with Gasteiger partial charge in [0.05, 0.1) is 13.2 Å². The summed E-state index contributed by atoms with van der Waals surface area (Å²) in [4.78, 5) is 0. The highest BCUT2D eigenvalue weighted by Gasteiger charge is 2.17. The van der Waals surface area contributed by atoms with E-state index >= 15 is 0 Å². The lowest BCUT2D eigenvalue weighted by atomic mass is 10.0. The van der Waals surface area contributed by atoms with Crippen molar-refractivity contribution < 1.29 is 9.47 Å². The van der Waals surface area contributed by atoms with Crippen molar-refractivity contribution in [3.63, 3.8) is 0 Å². The van der Waals surface area contributed by atoms with Gasteiger partial charge in [-0.25, -0.2) is 0 Å². The van der Waals surface area contributed by atoms with Crippen LogP contribution in [0.25, 0.3) is 0 Å². The Labute approximate surface area is 86.2 Å². The summed E-state index contributed by atoms with van der Waals surface area (Å²) in [6, 6.07) is 0.589. The fourth-order valence-corrected chi connectivity index (χ4v) is 2.20. The summed E-state index contributed by atoms with van der Waals surface area (Å²) in [7, 11) is 0. The van der Waals surface area contributed by atoms with E-state index in [2.05, 4.69) is 5.32 Å². The van der Waals surface area contributed by atoms with Gasteiger partial charge in [-0.3, -0.25) is 0 Å². The van der Waals surface area contributed by atoms with Crippen molar-refractivity contribution in [3.05, 3.63) is 0 Å². The van der Waals surface area contributed by atoms with Gasteiger partial charge in [0.2, 0.25) is 0 Å². The minimum Gasteiger partial charge on any atom is -0.381 e. The molecule has 82 valence electrons. The van der Waals surface area contributed by atoms with Gasteiger partial charge in [-0.1, -0.05) is 0 Å². The third kappa shape index (κ3) is 3.23. The van der Waals surface area contributed by atoms with E-state index in [0.29, 0.717) is 6.04 Å². The van der Waals surface area contributed by atoms with Gasteiger partial charge in [0.15, 0.2) is 0 Å². The van der Waals surface area contributed by atoms with E-state index in [-0.39, 0.29) is 0 Å². The van der Waals surface area contributed by atoms with Crippen LogP contribution in [-0.2, 0) is 9.47 Å². The second-order valence-corrected chi connectivity index (χ2v) is 4.41. The predicted octanol–water partition coefficient (Wildman–Crippen LogP) is 1.18. The van der Waals surface area contributed by atoms with Gasteiger partial charge in [0.25, 0.3) is 0 Å². The number of rotatable bonds is 3. The van der Waals surface area contributed by atoms with Crippen molar-refractivity contribution >= 4 is 0 Å². The molecule has 3 nitrogen and oxygen atoms in total. The number of nitrogens with one attached hydrogen (secondary N) is 1. The van der Waals surface area contributed by atoms with Crippen molar-refractivity contribution in [2.45, 2.75) is 31.7 Å². The van der Waals surface area contributed by atoms with E-state index in [1.807, 2.05) is 0 Å². The summed E-state index contributed by atoms with van der Waals surface area (Å²) in [5.41, 5.74) is 0. The molecule has 2 rings (SSSR count). The summed E-state index contributed by atoms with van der Waals surface area (Å²) in [5.74, 6) is 0.727. The minimum absolute atomic E-state index is 0.589. The summed E-state index contributed by atoms with van der Waals surface area (Å²) < 4.78 is 10.9. The van der Waals surface area contributed by atoms with Crippen molar-refractivity contribution in [1.82, 2.24) is 5.32 Å². The molecule has 0 spiro atoms. The average molecular weight is 199 g/mol. The van der Waals surface area contributed by atoms with E-state index in [1.165, 1.54) is 25.7 Å². The molecule has 0 aromatic rings. The average Bonchev–Trinajstić information content (AvgIpc) is 2.29. The van der Waals surface area contributed by atoms with Gasteiger partial charge in [0, 0.05) is 25.8 Å². The van der Waals surface area contributed by atoms with Crippen molar-refractivity contribution in [2.24, 2.45) is 5.92 Å². The Hall–Kier alpha value is -0.120. The third-order valence-corrected chi connectivity index (χ3v) is 3.11. The first-order valence-corrected chi connectivity index (χ1v) is 5.84. The van der Waals surface area contributed by atoms with Crippen molar-refractivity contribution in [1.29, 1.82) is 0 Å². The maximum Gasteiger partial charge on any atom is 0.0619 e.